The number of halogens is 1. The molecule has 6 nitrogen and oxygen atoms in total. The van der Waals surface area contributed by atoms with E-state index in [-0.39, 0.29) is 11.9 Å². The molecule has 0 aliphatic rings. The molecule has 0 aliphatic heterocycles. The topological polar surface area (TPSA) is 60.6 Å². The SMILES string of the molecule is COc1ccc(-c2noc(CN(C)[C@H](C)c3ccc(F)cc3)n2)cc1OC. The van der Waals surface area contributed by atoms with Gasteiger partial charge in [-0.05, 0) is 49.9 Å². The fourth-order valence-electron chi connectivity index (χ4n) is 2.76. The van der Waals surface area contributed by atoms with Crippen molar-refractivity contribution in [1.82, 2.24) is 15.0 Å². The summed E-state index contributed by atoms with van der Waals surface area (Å²) in [6.07, 6.45) is 0. The van der Waals surface area contributed by atoms with E-state index in [2.05, 4.69) is 15.0 Å². The second kappa shape index (κ2) is 8.18. The minimum Gasteiger partial charge on any atom is -0.493 e. The summed E-state index contributed by atoms with van der Waals surface area (Å²) in [6.45, 7) is 2.51. The number of hydrogen-bond acceptors (Lipinski definition) is 6. The first-order valence-electron chi connectivity index (χ1n) is 8.52. The zero-order valence-corrected chi connectivity index (χ0v) is 15.8. The summed E-state index contributed by atoms with van der Waals surface area (Å²) in [7, 11) is 5.12. The van der Waals surface area contributed by atoms with Gasteiger partial charge in [0.2, 0.25) is 11.7 Å². The molecular formula is C20H22FN3O3. The Labute approximate surface area is 157 Å². The Morgan fingerprint density at radius 1 is 1.07 bits per heavy atom. The van der Waals surface area contributed by atoms with Crippen LogP contribution >= 0.6 is 0 Å². The highest BCUT2D eigenvalue weighted by Gasteiger charge is 2.17. The van der Waals surface area contributed by atoms with Gasteiger partial charge in [0, 0.05) is 11.6 Å². The summed E-state index contributed by atoms with van der Waals surface area (Å²) in [4.78, 5) is 6.52. The van der Waals surface area contributed by atoms with Gasteiger partial charge in [-0.2, -0.15) is 4.98 Å². The molecule has 2 aromatic carbocycles. The van der Waals surface area contributed by atoms with E-state index >= 15 is 0 Å². The van der Waals surface area contributed by atoms with Crippen molar-refractivity contribution in [3.63, 3.8) is 0 Å². The highest BCUT2D eigenvalue weighted by molar-refractivity contribution is 5.60. The molecule has 0 spiro atoms. The lowest BCUT2D eigenvalue weighted by molar-refractivity contribution is 0.216. The van der Waals surface area contributed by atoms with Gasteiger partial charge in [0.15, 0.2) is 11.5 Å². The Kier molecular flexibility index (Phi) is 5.71. The summed E-state index contributed by atoms with van der Waals surface area (Å²) in [6, 6.07) is 12.0. The minimum atomic E-state index is -0.245. The van der Waals surface area contributed by atoms with Crippen LogP contribution < -0.4 is 9.47 Å². The number of ether oxygens (including phenoxy) is 2. The molecular weight excluding hydrogens is 349 g/mol. The van der Waals surface area contributed by atoms with Crippen LogP contribution in [0.15, 0.2) is 47.0 Å². The van der Waals surface area contributed by atoms with Crippen molar-refractivity contribution < 1.29 is 18.4 Å². The maximum absolute atomic E-state index is 13.1. The number of aromatic nitrogens is 2. The van der Waals surface area contributed by atoms with Crippen LogP contribution in [0.25, 0.3) is 11.4 Å². The van der Waals surface area contributed by atoms with Crippen LogP contribution in [0.3, 0.4) is 0 Å². The van der Waals surface area contributed by atoms with E-state index in [4.69, 9.17) is 14.0 Å². The van der Waals surface area contributed by atoms with Gasteiger partial charge >= 0.3 is 0 Å². The fraction of sp³-hybridized carbons (Fsp3) is 0.300. The Bertz CT molecular complexity index is 896. The highest BCUT2D eigenvalue weighted by atomic mass is 19.1. The second-order valence-corrected chi connectivity index (χ2v) is 6.22. The Hall–Kier alpha value is -2.93. The van der Waals surface area contributed by atoms with Gasteiger partial charge in [0.25, 0.3) is 0 Å². The van der Waals surface area contributed by atoms with E-state index in [9.17, 15) is 4.39 Å². The van der Waals surface area contributed by atoms with E-state index in [1.807, 2.05) is 20.0 Å². The first-order chi connectivity index (χ1) is 13.0. The number of nitrogens with zero attached hydrogens (tertiary/aromatic N) is 3. The molecule has 0 amide bonds. The summed E-state index contributed by atoms with van der Waals surface area (Å²) < 4.78 is 29.0. The van der Waals surface area contributed by atoms with Gasteiger partial charge in [-0.1, -0.05) is 17.3 Å². The lowest BCUT2D eigenvalue weighted by Gasteiger charge is -2.23. The lowest BCUT2D eigenvalue weighted by atomic mass is 10.1. The minimum absolute atomic E-state index is 0.0713. The quantitative estimate of drug-likeness (QED) is 0.624. The van der Waals surface area contributed by atoms with Gasteiger partial charge in [-0.15, -0.1) is 0 Å². The zero-order valence-electron chi connectivity index (χ0n) is 15.8. The molecule has 1 atom stereocenters. The van der Waals surface area contributed by atoms with Gasteiger partial charge in [0.05, 0.1) is 20.8 Å². The van der Waals surface area contributed by atoms with Crippen LogP contribution in [-0.2, 0) is 6.54 Å². The van der Waals surface area contributed by atoms with Crippen molar-refractivity contribution in [2.75, 3.05) is 21.3 Å². The van der Waals surface area contributed by atoms with Crippen molar-refractivity contribution in [3.8, 4) is 22.9 Å². The number of benzene rings is 2. The van der Waals surface area contributed by atoms with Crippen LogP contribution in [0.5, 0.6) is 11.5 Å². The third-order valence-corrected chi connectivity index (χ3v) is 4.51. The number of methoxy groups -OCH3 is 2. The third-order valence-electron chi connectivity index (χ3n) is 4.51. The highest BCUT2D eigenvalue weighted by Crippen LogP contribution is 2.31. The molecule has 0 unspecified atom stereocenters. The average Bonchev–Trinajstić information content (AvgIpc) is 3.15. The summed E-state index contributed by atoms with van der Waals surface area (Å²) in [5, 5.41) is 4.06. The van der Waals surface area contributed by atoms with Crippen LogP contribution in [0.2, 0.25) is 0 Å². The van der Waals surface area contributed by atoms with E-state index in [1.54, 1.807) is 38.5 Å². The second-order valence-electron chi connectivity index (χ2n) is 6.22. The van der Waals surface area contributed by atoms with E-state index in [1.165, 1.54) is 12.1 Å². The average molecular weight is 371 g/mol. The molecule has 0 saturated heterocycles. The van der Waals surface area contributed by atoms with Gasteiger partial charge in [-0.25, -0.2) is 4.39 Å². The van der Waals surface area contributed by atoms with Gasteiger partial charge in [0.1, 0.15) is 5.82 Å². The third kappa shape index (κ3) is 4.25. The molecule has 0 bridgehead atoms. The maximum Gasteiger partial charge on any atom is 0.241 e. The first kappa shape index (κ1) is 18.8. The number of hydrogen-bond donors (Lipinski definition) is 0. The fourth-order valence-corrected chi connectivity index (χ4v) is 2.76. The predicted octanol–water partition coefficient (Wildman–Crippen LogP) is 4.09. The molecule has 0 radical (unpaired) electrons. The van der Waals surface area contributed by atoms with E-state index in [0.717, 1.165) is 11.1 Å². The molecule has 7 heteroatoms. The molecule has 0 aliphatic carbocycles. The van der Waals surface area contributed by atoms with Crippen molar-refractivity contribution >= 4 is 0 Å². The van der Waals surface area contributed by atoms with Crippen molar-refractivity contribution in [2.45, 2.75) is 19.5 Å². The Balaban J connectivity index is 1.73. The molecule has 142 valence electrons. The van der Waals surface area contributed by atoms with Crippen molar-refractivity contribution in [2.24, 2.45) is 0 Å². The normalized spacial score (nSPS) is 12.2. The van der Waals surface area contributed by atoms with E-state index in [0.29, 0.717) is 29.8 Å². The number of rotatable bonds is 7. The van der Waals surface area contributed by atoms with Gasteiger partial charge < -0.3 is 14.0 Å². The largest absolute Gasteiger partial charge is 0.493 e. The van der Waals surface area contributed by atoms with E-state index < -0.39 is 0 Å². The molecule has 0 saturated carbocycles. The molecule has 1 aromatic heterocycles. The Morgan fingerprint density at radius 3 is 2.44 bits per heavy atom. The lowest BCUT2D eigenvalue weighted by Crippen LogP contribution is -2.22. The van der Waals surface area contributed by atoms with Crippen LogP contribution in [0.1, 0.15) is 24.4 Å². The van der Waals surface area contributed by atoms with Crippen molar-refractivity contribution in [3.05, 3.63) is 59.7 Å². The monoisotopic (exact) mass is 371 g/mol. The Morgan fingerprint density at radius 2 is 1.78 bits per heavy atom. The predicted molar refractivity (Wildman–Crippen MR) is 99.1 cm³/mol. The molecule has 1 heterocycles. The smallest absolute Gasteiger partial charge is 0.241 e. The standard InChI is InChI=1S/C20H22FN3O3/c1-13(14-5-8-16(21)9-6-14)24(2)12-19-22-20(23-27-19)15-7-10-17(25-3)18(11-15)26-4/h5-11,13H,12H2,1-4H3/t13-/m1/s1. The van der Waals surface area contributed by atoms with Crippen molar-refractivity contribution in [1.29, 1.82) is 0 Å². The molecule has 3 aromatic rings. The molecule has 3 rings (SSSR count). The van der Waals surface area contributed by atoms with Crippen LogP contribution in [0.4, 0.5) is 4.39 Å². The molecule has 0 N–H and O–H groups in total. The summed E-state index contributed by atoms with van der Waals surface area (Å²) >= 11 is 0. The van der Waals surface area contributed by atoms with Crippen LogP contribution in [-0.4, -0.2) is 36.3 Å². The van der Waals surface area contributed by atoms with Crippen LogP contribution in [0, 0.1) is 5.82 Å². The molecule has 27 heavy (non-hydrogen) atoms. The summed E-state index contributed by atoms with van der Waals surface area (Å²) in [5.74, 6) is 1.97. The molecule has 0 fully saturated rings. The first-order valence-corrected chi connectivity index (χ1v) is 8.52. The summed E-state index contributed by atoms with van der Waals surface area (Å²) in [5.41, 5.74) is 1.79. The maximum atomic E-state index is 13.1. The zero-order chi connectivity index (χ0) is 19.4. The van der Waals surface area contributed by atoms with Gasteiger partial charge in [-0.3, -0.25) is 4.90 Å².